The van der Waals surface area contributed by atoms with Gasteiger partial charge in [0.05, 0.1) is 13.7 Å². The number of nitrogens with one attached hydrogen (secondary N) is 1. The van der Waals surface area contributed by atoms with Crippen LogP contribution in [-0.4, -0.2) is 48.9 Å². The van der Waals surface area contributed by atoms with Gasteiger partial charge in [0, 0.05) is 12.1 Å². The maximum absolute atomic E-state index is 12.4. The summed E-state index contributed by atoms with van der Waals surface area (Å²) in [6.07, 6.45) is 1.32. The Balaban J connectivity index is 1.53. The highest BCUT2D eigenvalue weighted by Gasteiger charge is 2.34. The third-order valence-electron chi connectivity index (χ3n) is 4.54. The van der Waals surface area contributed by atoms with Gasteiger partial charge in [-0.2, -0.15) is 0 Å². The fourth-order valence-electron chi connectivity index (χ4n) is 3.10. The second-order valence-corrected chi connectivity index (χ2v) is 6.39. The number of hydrogen-bond donors (Lipinski definition) is 1. The minimum Gasteiger partial charge on any atom is -0.467 e. The first-order chi connectivity index (χ1) is 13.6. The predicted molar refractivity (Wildman–Crippen MR) is 102 cm³/mol. The van der Waals surface area contributed by atoms with Crippen LogP contribution in [-0.2, 0) is 14.3 Å². The normalized spacial score (nSPS) is 15.8. The number of ether oxygens (including phenoxy) is 2. The van der Waals surface area contributed by atoms with Crippen molar-refractivity contribution in [1.82, 2.24) is 10.2 Å². The predicted octanol–water partition coefficient (Wildman–Crippen LogP) is 2.37. The molecule has 1 heterocycles. The SMILES string of the molecule is COC(=O)[C@@H]1CCCN1C(=O)CNC(=O)c1ccc(Oc2ccccc2)cc1. The molecule has 0 aromatic heterocycles. The number of likely N-dealkylation sites (tertiary alicyclic amines) is 1. The molecular weight excluding hydrogens is 360 g/mol. The maximum atomic E-state index is 12.4. The quantitative estimate of drug-likeness (QED) is 0.776. The lowest BCUT2D eigenvalue weighted by atomic mass is 10.2. The summed E-state index contributed by atoms with van der Waals surface area (Å²) in [4.78, 5) is 37.8. The summed E-state index contributed by atoms with van der Waals surface area (Å²) in [6.45, 7) is 0.314. The van der Waals surface area contributed by atoms with Crippen LogP contribution in [0.5, 0.6) is 11.5 Å². The van der Waals surface area contributed by atoms with Crippen LogP contribution in [0.25, 0.3) is 0 Å². The van der Waals surface area contributed by atoms with Crippen LogP contribution in [0.4, 0.5) is 0 Å². The summed E-state index contributed by atoms with van der Waals surface area (Å²) in [5, 5.41) is 2.60. The van der Waals surface area contributed by atoms with Crippen molar-refractivity contribution < 1.29 is 23.9 Å². The fourth-order valence-corrected chi connectivity index (χ4v) is 3.10. The molecule has 7 heteroatoms. The standard InChI is InChI=1S/C21H22N2O5/c1-27-21(26)18-8-5-13-23(18)19(24)14-22-20(25)15-9-11-17(12-10-15)28-16-6-3-2-4-7-16/h2-4,6-7,9-12,18H,5,8,13-14H2,1H3,(H,22,25)/t18-/m0/s1. The summed E-state index contributed by atoms with van der Waals surface area (Å²) in [6, 6.07) is 15.4. The first-order valence-electron chi connectivity index (χ1n) is 9.07. The van der Waals surface area contributed by atoms with Gasteiger partial charge < -0.3 is 19.7 Å². The number of methoxy groups -OCH3 is 1. The molecular formula is C21H22N2O5. The van der Waals surface area contributed by atoms with Crippen molar-refractivity contribution in [2.24, 2.45) is 0 Å². The minimum atomic E-state index is -0.566. The molecule has 2 aromatic carbocycles. The Hall–Kier alpha value is -3.35. The molecule has 0 radical (unpaired) electrons. The van der Waals surface area contributed by atoms with Crippen molar-refractivity contribution in [3.8, 4) is 11.5 Å². The molecule has 28 heavy (non-hydrogen) atoms. The molecule has 1 N–H and O–H groups in total. The molecule has 0 saturated carbocycles. The van der Waals surface area contributed by atoms with Gasteiger partial charge in [-0.05, 0) is 49.2 Å². The van der Waals surface area contributed by atoms with Crippen LogP contribution < -0.4 is 10.1 Å². The maximum Gasteiger partial charge on any atom is 0.328 e. The number of amides is 2. The van der Waals surface area contributed by atoms with Gasteiger partial charge in [-0.1, -0.05) is 18.2 Å². The summed E-state index contributed by atoms with van der Waals surface area (Å²) >= 11 is 0. The van der Waals surface area contributed by atoms with E-state index in [9.17, 15) is 14.4 Å². The lowest BCUT2D eigenvalue weighted by Gasteiger charge is -2.22. The topological polar surface area (TPSA) is 84.9 Å². The average molecular weight is 382 g/mol. The van der Waals surface area contributed by atoms with Gasteiger partial charge in [-0.15, -0.1) is 0 Å². The molecule has 1 saturated heterocycles. The molecule has 1 aliphatic heterocycles. The van der Waals surface area contributed by atoms with Crippen LogP contribution in [0, 0.1) is 0 Å². The summed E-state index contributed by atoms with van der Waals surface area (Å²) < 4.78 is 10.4. The number of para-hydroxylation sites is 1. The van der Waals surface area contributed by atoms with Crippen molar-refractivity contribution >= 4 is 17.8 Å². The van der Waals surface area contributed by atoms with E-state index in [-0.39, 0.29) is 18.4 Å². The Bertz CT molecular complexity index is 836. The van der Waals surface area contributed by atoms with Gasteiger partial charge in [-0.25, -0.2) is 4.79 Å². The molecule has 0 unspecified atom stereocenters. The van der Waals surface area contributed by atoms with E-state index in [0.717, 1.165) is 6.42 Å². The molecule has 0 spiro atoms. The molecule has 0 bridgehead atoms. The molecule has 1 fully saturated rings. The number of rotatable bonds is 6. The number of carbonyl (C=O) groups is 3. The fraction of sp³-hybridized carbons (Fsp3) is 0.286. The minimum absolute atomic E-state index is 0.172. The summed E-state index contributed by atoms with van der Waals surface area (Å²) in [7, 11) is 1.30. The average Bonchev–Trinajstić information content (AvgIpc) is 3.22. The van der Waals surface area contributed by atoms with E-state index in [1.165, 1.54) is 12.0 Å². The first-order valence-corrected chi connectivity index (χ1v) is 9.07. The first kappa shape index (κ1) is 19.4. The monoisotopic (exact) mass is 382 g/mol. The molecule has 2 aromatic rings. The Kier molecular flexibility index (Phi) is 6.26. The van der Waals surface area contributed by atoms with E-state index in [4.69, 9.17) is 9.47 Å². The van der Waals surface area contributed by atoms with Crippen molar-refractivity contribution in [3.05, 3.63) is 60.2 Å². The van der Waals surface area contributed by atoms with Crippen molar-refractivity contribution in [1.29, 1.82) is 0 Å². The van der Waals surface area contributed by atoms with E-state index in [1.54, 1.807) is 24.3 Å². The van der Waals surface area contributed by atoms with Gasteiger partial charge in [-0.3, -0.25) is 9.59 Å². The molecule has 1 atom stereocenters. The highest BCUT2D eigenvalue weighted by molar-refractivity contribution is 5.97. The number of hydrogen-bond acceptors (Lipinski definition) is 5. The summed E-state index contributed by atoms with van der Waals surface area (Å²) in [5.74, 6) is 0.220. The highest BCUT2D eigenvalue weighted by atomic mass is 16.5. The highest BCUT2D eigenvalue weighted by Crippen LogP contribution is 2.21. The van der Waals surface area contributed by atoms with Crippen LogP contribution in [0.1, 0.15) is 23.2 Å². The molecule has 0 aliphatic carbocycles. The zero-order valence-corrected chi connectivity index (χ0v) is 15.6. The number of nitrogens with zero attached hydrogens (tertiary/aromatic N) is 1. The molecule has 2 amide bonds. The van der Waals surface area contributed by atoms with E-state index in [2.05, 4.69) is 5.32 Å². The Morgan fingerprint density at radius 2 is 1.71 bits per heavy atom. The van der Waals surface area contributed by atoms with Gasteiger partial charge in [0.15, 0.2) is 0 Å². The zero-order chi connectivity index (χ0) is 19.9. The Morgan fingerprint density at radius 1 is 1.04 bits per heavy atom. The Labute approximate surface area is 163 Å². The van der Waals surface area contributed by atoms with Gasteiger partial charge in [0.25, 0.3) is 5.91 Å². The lowest BCUT2D eigenvalue weighted by molar-refractivity contribution is -0.150. The van der Waals surface area contributed by atoms with Crippen molar-refractivity contribution in [2.75, 3.05) is 20.2 Å². The van der Waals surface area contributed by atoms with Gasteiger partial charge >= 0.3 is 5.97 Å². The summed E-state index contributed by atoms with van der Waals surface area (Å²) in [5.41, 5.74) is 0.416. The van der Waals surface area contributed by atoms with Crippen LogP contribution in [0.15, 0.2) is 54.6 Å². The number of carbonyl (C=O) groups excluding carboxylic acids is 3. The van der Waals surface area contributed by atoms with Crippen LogP contribution >= 0.6 is 0 Å². The molecule has 1 aliphatic rings. The largest absolute Gasteiger partial charge is 0.467 e. The molecule has 7 nitrogen and oxygen atoms in total. The number of esters is 1. The van der Waals surface area contributed by atoms with Crippen molar-refractivity contribution in [3.63, 3.8) is 0 Å². The van der Waals surface area contributed by atoms with E-state index < -0.39 is 12.0 Å². The van der Waals surface area contributed by atoms with E-state index in [1.807, 2.05) is 30.3 Å². The van der Waals surface area contributed by atoms with Crippen LogP contribution in [0.3, 0.4) is 0 Å². The van der Waals surface area contributed by atoms with Gasteiger partial charge in [0.2, 0.25) is 5.91 Å². The van der Waals surface area contributed by atoms with E-state index >= 15 is 0 Å². The van der Waals surface area contributed by atoms with Gasteiger partial charge in [0.1, 0.15) is 17.5 Å². The number of benzene rings is 2. The Morgan fingerprint density at radius 3 is 2.39 bits per heavy atom. The van der Waals surface area contributed by atoms with Crippen molar-refractivity contribution in [2.45, 2.75) is 18.9 Å². The molecule has 3 rings (SSSR count). The second kappa shape index (κ2) is 9.03. The third-order valence-corrected chi connectivity index (χ3v) is 4.54. The van der Waals surface area contributed by atoms with Crippen LogP contribution in [0.2, 0.25) is 0 Å². The lowest BCUT2D eigenvalue weighted by Crippen LogP contribution is -2.45. The third kappa shape index (κ3) is 4.68. The molecule has 146 valence electrons. The smallest absolute Gasteiger partial charge is 0.328 e. The zero-order valence-electron chi connectivity index (χ0n) is 15.6. The second-order valence-electron chi connectivity index (χ2n) is 6.39. The van der Waals surface area contributed by atoms with E-state index in [0.29, 0.717) is 30.0 Å².